The molecule has 0 radical (unpaired) electrons. The van der Waals surface area contributed by atoms with E-state index in [1.165, 1.54) is 11.3 Å². The van der Waals surface area contributed by atoms with Gasteiger partial charge in [-0.1, -0.05) is 18.2 Å². The lowest BCUT2D eigenvalue weighted by molar-refractivity contribution is 0.551. The van der Waals surface area contributed by atoms with Crippen molar-refractivity contribution in [2.75, 3.05) is 11.9 Å². The van der Waals surface area contributed by atoms with Crippen LogP contribution >= 0.6 is 0 Å². The number of para-hydroxylation sites is 1. The maximum Gasteiger partial charge on any atom is 0.100 e. The minimum atomic E-state index is 0.317. The molecule has 0 saturated heterocycles. The number of aliphatic imine (C=N–C) groups is 1. The number of benzene rings is 1. The van der Waals surface area contributed by atoms with Crippen LogP contribution in [0.15, 0.2) is 29.3 Å². The normalized spacial score (nSPS) is 28.6. The molecular weight excluding hydrogens is 162 g/mol. The van der Waals surface area contributed by atoms with Crippen molar-refractivity contribution in [3.8, 4) is 0 Å². The van der Waals surface area contributed by atoms with Crippen LogP contribution < -0.4 is 10.6 Å². The zero-order valence-corrected chi connectivity index (χ0v) is 7.20. The Morgan fingerprint density at radius 2 is 2.23 bits per heavy atom. The average molecular weight is 173 g/mol. The third-order valence-corrected chi connectivity index (χ3v) is 2.70. The predicted molar refractivity (Wildman–Crippen MR) is 53.1 cm³/mol. The number of anilines is 1. The number of hydrogen-bond acceptors (Lipinski definition) is 3. The van der Waals surface area contributed by atoms with Gasteiger partial charge in [0, 0.05) is 17.8 Å². The summed E-state index contributed by atoms with van der Waals surface area (Å²) in [4.78, 5) is 4.42. The Kier molecular flexibility index (Phi) is 1.33. The topological polar surface area (TPSA) is 36.4 Å². The molecule has 0 fully saturated rings. The van der Waals surface area contributed by atoms with Gasteiger partial charge in [-0.15, -0.1) is 0 Å². The number of nitrogens with one attached hydrogen (secondary N) is 2. The summed E-state index contributed by atoms with van der Waals surface area (Å²) >= 11 is 0. The number of hydrogen-bond donors (Lipinski definition) is 2. The molecule has 1 aromatic carbocycles. The van der Waals surface area contributed by atoms with Crippen molar-refractivity contribution in [1.82, 2.24) is 5.32 Å². The summed E-state index contributed by atoms with van der Waals surface area (Å²) in [6.45, 7) is 0.960. The van der Waals surface area contributed by atoms with Crippen molar-refractivity contribution < 1.29 is 0 Å². The van der Waals surface area contributed by atoms with Gasteiger partial charge in [0.05, 0.1) is 12.4 Å². The first-order valence-corrected chi connectivity index (χ1v) is 4.55. The molecule has 1 aromatic rings. The van der Waals surface area contributed by atoms with Gasteiger partial charge in [0.25, 0.3) is 0 Å². The zero-order valence-electron chi connectivity index (χ0n) is 7.20. The fraction of sp³-hybridized carbons (Fsp3) is 0.300. The molecule has 2 atom stereocenters. The minimum Gasteiger partial charge on any atom is -0.383 e. The van der Waals surface area contributed by atoms with Crippen LogP contribution in [0.2, 0.25) is 0 Å². The Labute approximate surface area is 76.9 Å². The van der Waals surface area contributed by atoms with Crippen LogP contribution in [-0.2, 0) is 0 Å². The van der Waals surface area contributed by atoms with Gasteiger partial charge >= 0.3 is 0 Å². The van der Waals surface area contributed by atoms with Crippen LogP contribution in [0, 0.1) is 0 Å². The molecule has 2 aliphatic rings. The summed E-state index contributed by atoms with van der Waals surface area (Å²) in [5, 5.41) is 6.64. The lowest BCUT2D eigenvalue weighted by Crippen LogP contribution is -2.37. The van der Waals surface area contributed by atoms with E-state index in [0.717, 1.165) is 6.54 Å². The van der Waals surface area contributed by atoms with Crippen molar-refractivity contribution in [3.63, 3.8) is 0 Å². The van der Waals surface area contributed by atoms with Crippen molar-refractivity contribution >= 4 is 12.0 Å². The largest absolute Gasteiger partial charge is 0.383 e. The molecule has 0 bridgehead atoms. The van der Waals surface area contributed by atoms with Crippen LogP contribution in [0.4, 0.5) is 5.69 Å². The van der Waals surface area contributed by atoms with Crippen LogP contribution in [0.3, 0.4) is 0 Å². The third kappa shape index (κ3) is 0.932. The summed E-state index contributed by atoms with van der Waals surface area (Å²) in [5.74, 6) is 0. The Morgan fingerprint density at radius 1 is 1.31 bits per heavy atom. The molecule has 2 unspecified atom stereocenters. The molecule has 2 heterocycles. The van der Waals surface area contributed by atoms with Crippen LogP contribution in [0.1, 0.15) is 11.6 Å². The highest BCUT2D eigenvalue weighted by Crippen LogP contribution is 2.33. The summed E-state index contributed by atoms with van der Waals surface area (Å²) in [5.41, 5.74) is 2.53. The highest BCUT2D eigenvalue weighted by molar-refractivity contribution is 5.64. The second kappa shape index (κ2) is 2.49. The molecule has 66 valence electrons. The molecule has 2 aliphatic heterocycles. The monoisotopic (exact) mass is 173 g/mol. The zero-order chi connectivity index (χ0) is 8.67. The first-order valence-electron chi connectivity index (χ1n) is 4.55. The second-order valence-electron chi connectivity index (χ2n) is 3.46. The minimum absolute atomic E-state index is 0.317. The van der Waals surface area contributed by atoms with E-state index in [-0.39, 0.29) is 0 Å². The van der Waals surface area contributed by atoms with Crippen molar-refractivity contribution in [2.45, 2.75) is 12.1 Å². The van der Waals surface area contributed by atoms with Crippen molar-refractivity contribution in [2.24, 2.45) is 4.99 Å². The Morgan fingerprint density at radius 3 is 3.23 bits per heavy atom. The summed E-state index contributed by atoms with van der Waals surface area (Å²) in [6.07, 6.45) is 1.82. The smallest absolute Gasteiger partial charge is 0.100 e. The van der Waals surface area contributed by atoms with E-state index >= 15 is 0 Å². The van der Waals surface area contributed by atoms with Gasteiger partial charge in [-0.05, 0) is 6.07 Å². The van der Waals surface area contributed by atoms with Gasteiger partial charge in [-0.25, -0.2) is 0 Å². The Balaban J connectivity index is 2.10. The van der Waals surface area contributed by atoms with E-state index in [4.69, 9.17) is 0 Å². The summed E-state index contributed by atoms with van der Waals surface area (Å²) in [6, 6.07) is 9.13. The van der Waals surface area contributed by atoms with E-state index in [1.54, 1.807) is 0 Å². The third-order valence-electron chi connectivity index (χ3n) is 2.70. The number of fused-ring (bicyclic) bond motifs is 3. The van der Waals surface area contributed by atoms with E-state index in [0.29, 0.717) is 12.1 Å². The van der Waals surface area contributed by atoms with Crippen molar-refractivity contribution in [3.05, 3.63) is 29.8 Å². The molecule has 0 spiro atoms. The van der Waals surface area contributed by atoms with Gasteiger partial charge in [-0.3, -0.25) is 4.99 Å². The van der Waals surface area contributed by atoms with Gasteiger partial charge in [0.2, 0.25) is 0 Å². The van der Waals surface area contributed by atoms with Gasteiger partial charge < -0.3 is 10.6 Å². The summed E-state index contributed by atoms with van der Waals surface area (Å²) < 4.78 is 0. The first kappa shape index (κ1) is 6.95. The fourth-order valence-electron chi connectivity index (χ4n) is 2.02. The van der Waals surface area contributed by atoms with E-state index in [9.17, 15) is 0 Å². The van der Waals surface area contributed by atoms with E-state index < -0.39 is 0 Å². The summed E-state index contributed by atoms with van der Waals surface area (Å²) in [7, 11) is 0. The molecule has 0 saturated carbocycles. The Bertz CT molecular complexity index is 359. The lowest BCUT2D eigenvalue weighted by atomic mass is 9.95. The quantitative estimate of drug-likeness (QED) is 0.617. The highest BCUT2D eigenvalue weighted by Gasteiger charge is 2.30. The molecule has 3 nitrogen and oxygen atoms in total. The molecule has 0 aromatic heterocycles. The van der Waals surface area contributed by atoms with Gasteiger partial charge in [0.1, 0.15) is 6.04 Å². The molecular formula is C10H11N3. The molecule has 2 N–H and O–H groups in total. The number of rotatable bonds is 0. The van der Waals surface area contributed by atoms with Gasteiger partial charge in [-0.2, -0.15) is 0 Å². The van der Waals surface area contributed by atoms with Crippen LogP contribution in [-0.4, -0.2) is 18.9 Å². The van der Waals surface area contributed by atoms with E-state index in [2.05, 4.69) is 39.9 Å². The second-order valence-corrected chi connectivity index (χ2v) is 3.46. The predicted octanol–water partition coefficient (Wildman–Crippen LogP) is 1.15. The molecule has 3 rings (SSSR count). The molecule has 13 heavy (non-hydrogen) atoms. The maximum atomic E-state index is 4.42. The van der Waals surface area contributed by atoms with Crippen LogP contribution in [0.25, 0.3) is 0 Å². The molecule has 0 aliphatic carbocycles. The lowest BCUT2D eigenvalue weighted by Gasteiger charge is -2.27. The van der Waals surface area contributed by atoms with E-state index in [1.807, 2.05) is 6.34 Å². The standard InChI is InChI=1S/C10H11N3/c1-2-4-8-7(3-1)10-9(5-11-8)12-6-13-10/h1-4,6,9-11H,5H2,(H,12,13). The number of nitrogens with zero attached hydrogens (tertiary/aromatic N) is 1. The average Bonchev–Trinajstić information content (AvgIpc) is 2.65. The highest BCUT2D eigenvalue weighted by atomic mass is 15.1. The van der Waals surface area contributed by atoms with Gasteiger partial charge in [0.15, 0.2) is 0 Å². The molecule has 3 heteroatoms. The molecule has 0 amide bonds. The SMILES string of the molecule is C1=NC2c3ccccc3NCC2N1. The fourth-order valence-corrected chi connectivity index (χ4v) is 2.02. The maximum absolute atomic E-state index is 4.42. The van der Waals surface area contributed by atoms with Crippen LogP contribution in [0.5, 0.6) is 0 Å². The van der Waals surface area contributed by atoms with Crippen molar-refractivity contribution in [1.29, 1.82) is 0 Å². The Hall–Kier alpha value is -1.51. The first-order chi connectivity index (χ1) is 6.45.